The van der Waals surface area contributed by atoms with Gasteiger partial charge in [-0.1, -0.05) is 6.92 Å². The van der Waals surface area contributed by atoms with Crippen molar-refractivity contribution in [3.8, 4) is 12.3 Å². The molecule has 0 aliphatic carbocycles. The number of hydrogen-bond acceptors (Lipinski definition) is 3. The van der Waals surface area contributed by atoms with Crippen LogP contribution in [0.5, 0.6) is 0 Å². The van der Waals surface area contributed by atoms with Crippen molar-refractivity contribution in [3.05, 3.63) is 15.9 Å². The molecule has 0 fully saturated rings. The molecule has 0 amide bonds. The summed E-state index contributed by atoms with van der Waals surface area (Å²) >= 11 is 3.46. The number of nitrogens with zero attached hydrogens (tertiary/aromatic N) is 2. The molecule has 2 N–H and O–H groups in total. The highest BCUT2D eigenvalue weighted by molar-refractivity contribution is 9.10. The predicted molar refractivity (Wildman–Crippen MR) is 70.4 cm³/mol. The smallest absolute Gasteiger partial charge is 0.156 e. The first kappa shape index (κ1) is 13.9. The Bertz CT molecular complexity index is 459. The third-order valence-corrected chi connectivity index (χ3v) is 3.51. The van der Waals surface area contributed by atoms with E-state index in [-0.39, 0.29) is 18.6 Å². The summed E-state index contributed by atoms with van der Waals surface area (Å²) in [5, 5.41) is 4.32. The van der Waals surface area contributed by atoms with E-state index in [9.17, 15) is 4.79 Å². The van der Waals surface area contributed by atoms with Crippen LogP contribution in [0, 0.1) is 12.3 Å². The van der Waals surface area contributed by atoms with Crippen LogP contribution >= 0.6 is 15.9 Å². The maximum Gasteiger partial charge on any atom is 0.156 e. The van der Waals surface area contributed by atoms with E-state index < -0.39 is 6.04 Å². The number of aromatic nitrogens is 2. The number of halogens is 1. The molecule has 0 saturated heterocycles. The zero-order valence-corrected chi connectivity index (χ0v) is 11.6. The van der Waals surface area contributed by atoms with Crippen molar-refractivity contribution in [2.24, 2.45) is 12.8 Å². The van der Waals surface area contributed by atoms with E-state index in [1.54, 1.807) is 4.68 Å². The van der Waals surface area contributed by atoms with E-state index in [2.05, 4.69) is 26.9 Å². The maximum atomic E-state index is 11.8. The van der Waals surface area contributed by atoms with Gasteiger partial charge in [0.05, 0.1) is 28.3 Å². The van der Waals surface area contributed by atoms with E-state index in [1.165, 1.54) is 0 Å². The Morgan fingerprint density at radius 1 is 1.71 bits per heavy atom. The molecule has 0 aliphatic heterocycles. The van der Waals surface area contributed by atoms with E-state index in [0.717, 1.165) is 22.3 Å². The topological polar surface area (TPSA) is 60.9 Å². The minimum atomic E-state index is -0.591. The fourth-order valence-corrected chi connectivity index (χ4v) is 2.31. The van der Waals surface area contributed by atoms with Crippen LogP contribution in [0.25, 0.3) is 0 Å². The highest BCUT2D eigenvalue weighted by Crippen LogP contribution is 2.22. The van der Waals surface area contributed by atoms with Gasteiger partial charge in [-0.05, 0) is 22.4 Å². The first-order valence-electron chi connectivity index (χ1n) is 5.43. The average molecular weight is 298 g/mol. The first-order valence-corrected chi connectivity index (χ1v) is 6.22. The molecular weight excluding hydrogens is 282 g/mol. The van der Waals surface area contributed by atoms with Gasteiger partial charge in [0.1, 0.15) is 0 Å². The molecule has 1 aromatic rings. The lowest BCUT2D eigenvalue weighted by Gasteiger charge is -2.07. The van der Waals surface area contributed by atoms with Crippen LogP contribution in [0.15, 0.2) is 4.47 Å². The molecule has 17 heavy (non-hydrogen) atoms. The molecule has 92 valence electrons. The van der Waals surface area contributed by atoms with Crippen LogP contribution in [0.2, 0.25) is 0 Å². The third kappa shape index (κ3) is 3.18. The SMILES string of the molecule is C#CCC(N)C(=O)Cc1c(Br)c(CC)nn1C. The van der Waals surface area contributed by atoms with E-state index in [4.69, 9.17) is 12.2 Å². The van der Waals surface area contributed by atoms with Crippen molar-refractivity contribution in [3.63, 3.8) is 0 Å². The Kier molecular flexibility index (Phi) is 4.91. The molecule has 4 nitrogen and oxygen atoms in total. The van der Waals surface area contributed by atoms with Crippen molar-refractivity contribution in [2.75, 3.05) is 0 Å². The molecular formula is C12H16BrN3O. The van der Waals surface area contributed by atoms with Gasteiger partial charge in [0.25, 0.3) is 0 Å². The summed E-state index contributed by atoms with van der Waals surface area (Å²) in [5.74, 6) is 2.34. The number of ketones is 1. The summed E-state index contributed by atoms with van der Waals surface area (Å²) in [6, 6.07) is -0.591. The van der Waals surface area contributed by atoms with Crippen LogP contribution in [0.4, 0.5) is 0 Å². The van der Waals surface area contributed by atoms with Crippen LogP contribution < -0.4 is 5.73 Å². The number of rotatable bonds is 5. The van der Waals surface area contributed by atoms with Crippen LogP contribution in [0.1, 0.15) is 24.7 Å². The lowest BCUT2D eigenvalue weighted by atomic mass is 10.1. The molecule has 1 unspecified atom stereocenters. The van der Waals surface area contributed by atoms with E-state index in [0.29, 0.717) is 0 Å². The number of carbonyl (C=O) groups is 1. The van der Waals surface area contributed by atoms with Gasteiger partial charge in [0, 0.05) is 13.5 Å². The lowest BCUT2D eigenvalue weighted by Crippen LogP contribution is -2.31. The van der Waals surface area contributed by atoms with Crippen molar-refractivity contribution in [1.82, 2.24) is 9.78 Å². The molecule has 0 spiro atoms. The third-order valence-electron chi connectivity index (χ3n) is 2.60. The van der Waals surface area contributed by atoms with Gasteiger partial charge in [-0.3, -0.25) is 9.48 Å². The van der Waals surface area contributed by atoms with Crippen molar-refractivity contribution >= 4 is 21.7 Å². The molecule has 0 bridgehead atoms. The highest BCUT2D eigenvalue weighted by atomic mass is 79.9. The quantitative estimate of drug-likeness (QED) is 0.831. The Labute approximate surface area is 110 Å². The van der Waals surface area contributed by atoms with Gasteiger partial charge in [-0.15, -0.1) is 12.3 Å². The minimum absolute atomic E-state index is 0.0608. The fraction of sp³-hybridized carbons (Fsp3) is 0.500. The summed E-state index contributed by atoms with van der Waals surface area (Å²) in [6.07, 6.45) is 6.49. The molecule has 0 saturated carbocycles. The number of Topliss-reactive ketones (excluding diaryl/α,β-unsaturated/α-hetero) is 1. The van der Waals surface area contributed by atoms with E-state index in [1.807, 2.05) is 14.0 Å². The second-order valence-electron chi connectivity index (χ2n) is 3.84. The zero-order valence-electron chi connectivity index (χ0n) is 10.0. The van der Waals surface area contributed by atoms with Gasteiger partial charge >= 0.3 is 0 Å². The normalized spacial score (nSPS) is 12.2. The van der Waals surface area contributed by atoms with Gasteiger partial charge in [-0.2, -0.15) is 5.10 Å². The lowest BCUT2D eigenvalue weighted by molar-refractivity contribution is -0.119. The largest absolute Gasteiger partial charge is 0.321 e. The monoisotopic (exact) mass is 297 g/mol. The highest BCUT2D eigenvalue weighted by Gasteiger charge is 2.19. The molecule has 1 heterocycles. The van der Waals surface area contributed by atoms with Crippen molar-refractivity contribution in [2.45, 2.75) is 32.2 Å². The van der Waals surface area contributed by atoms with Crippen LogP contribution in [-0.4, -0.2) is 21.6 Å². The average Bonchev–Trinajstić information content (AvgIpc) is 2.56. The standard InChI is InChI=1S/C12H16BrN3O/c1-4-6-8(14)11(17)7-10-12(13)9(5-2)15-16(10)3/h1,8H,5-7,14H2,2-3H3. The molecule has 1 atom stereocenters. The molecule has 1 rings (SSSR count). The van der Waals surface area contributed by atoms with Crippen LogP contribution in [-0.2, 0) is 24.7 Å². The van der Waals surface area contributed by atoms with E-state index >= 15 is 0 Å². The Balaban J connectivity index is 2.85. The Hall–Kier alpha value is -1.12. The molecule has 0 radical (unpaired) electrons. The number of terminal acetylenes is 1. The van der Waals surface area contributed by atoms with Crippen molar-refractivity contribution in [1.29, 1.82) is 0 Å². The maximum absolute atomic E-state index is 11.8. The molecule has 0 aromatic carbocycles. The Morgan fingerprint density at radius 3 is 2.82 bits per heavy atom. The predicted octanol–water partition coefficient (Wildman–Crippen LogP) is 1.21. The zero-order chi connectivity index (χ0) is 13.0. The number of hydrogen-bond donors (Lipinski definition) is 1. The summed E-state index contributed by atoms with van der Waals surface area (Å²) in [4.78, 5) is 11.8. The summed E-state index contributed by atoms with van der Waals surface area (Å²) in [5.41, 5.74) is 7.47. The number of carbonyl (C=O) groups excluding carboxylic acids is 1. The van der Waals surface area contributed by atoms with Gasteiger partial charge in [-0.25, -0.2) is 0 Å². The number of aryl methyl sites for hydroxylation is 2. The summed E-state index contributed by atoms with van der Waals surface area (Å²) < 4.78 is 2.60. The molecule has 0 aliphatic rings. The second kappa shape index (κ2) is 5.99. The van der Waals surface area contributed by atoms with Crippen molar-refractivity contribution < 1.29 is 4.79 Å². The first-order chi connectivity index (χ1) is 8.01. The fourth-order valence-electron chi connectivity index (χ4n) is 1.55. The molecule has 1 aromatic heterocycles. The van der Waals surface area contributed by atoms with Crippen LogP contribution in [0.3, 0.4) is 0 Å². The summed E-state index contributed by atoms with van der Waals surface area (Å²) in [6.45, 7) is 2.02. The number of nitrogens with two attached hydrogens (primary N) is 1. The minimum Gasteiger partial charge on any atom is -0.321 e. The second-order valence-corrected chi connectivity index (χ2v) is 4.64. The molecule has 5 heteroatoms. The van der Waals surface area contributed by atoms with Gasteiger partial charge in [0.2, 0.25) is 0 Å². The van der Waals surface area contributed by atoms with Gasteiger partial charge in [0.15, 0.2) is 5.78 Å². The summed E-state index contributed by atoms with van der Waals surface area (Å²) in [7, 11) is 1.82. The van der Waals surface area contributed by atoms with Gasteiger partial charge < -0.3 is 5.73 Å². The Morgan fingerprint density at radius 2 is 2.35 bits per heavy atom.